The van der Waals surface area contributed by atoms with Gasteiger partial charge in [0.25, 0.3) is 0 Å². The van der Waals surface area contributed by atoms with E-state index >= 15 is 0 Å². The fraction of sp³-hybridized carbons (Fsp3) is 0.529. The van der Waals surface area contributed by atoms with Crippen LogP contribution in [0.25, 0.3) is 6.08 Å². The van der Waals surface area contributed by atoms with Crippen LogP contribution in [0.4, 0.5) is 0 Å². The highest BCUT2D eigenvalue weighted by Gasteiger charge is 2.43. The van der Waals surface area contributed by atoms with E-state index < -0.39 is 0 Å². The van der Waals surface area contributed by atoms with Crippen molar-refractivity contribution < 1.29 is 0 Å². The van der Waals surface area contributed by atoms with Crippen molar-refractivity contribution in [2.24, 2.45) is 11.8 Å². The quantitative estimate of drug-likeness (QED) is 0.732. The Morgan fingerprint density at radius 1 is 1.11 bits per heavy atom. The summed E-state index contributed by atoms with van der Waals surface area (Å²) in [7, 11) is 2.30. The van der Waals surface area contributed by atoms with Gasteiger partial charge in [0.05, 0.1) is 0 Å². The maximum Gasteiger partial charge on any atom is 0.0166 e. The van der Waals surface area contributed by atoms with Crippen molar-refractivity contribution in [2.75, 3.05) is 13.6 Å². The van der Waals surface area contributed by atoms with Crippen LogP contribution in [0, 0.1) is 11.8 Å². The van der Waals surface area contributed by atoms with Crippen molar-refractivity contribution in [3.8, 4) is 0 Å². The van der Waals surface area contributed by atoms with Gasteiger partial charge >= 0.3 is 0 Å². The Kier molecular flexibility index (Phi) is 3.51. The third kappa shape index (κ3) is 3.02. The van der Waals surface area contributed by atoms with E-state index in [9.17, 15) is 0 Å². The molecule has 0 radical (unpaired) electrons. The van der Waals surface area contributed by atoms with Gasteiger partial charge in [-0.15, -0.1) is 0 Å². The largest absolute Gasteiger partial charge is 0.299 e. The molecule has 0 bridgehead atoms. The third-order valence-electron chi connectivity index (χ3n) is 4.22. The van der Waals surface area contributed by atoms with Gasteiger partial charge in [0, 0.05) is 12.6 Å². The summed E-state index contributed by atoms with van der Waals surface area (Å²) in [5, 5.41) is 0. The van der Waals surface area contributed by atoms with Crippen LogP contribution in [0.3, 0.4) is 0 Å². The molecule has 2 fully saturated rings. The summed E-state index contributed by atoms with van der Waals surface area (Å²) in [6.07, 6.45) is 10.4. The molecule has 2 saturated carbocycles. The van der Waals surface area contributed by atoms with Gasteiger partial charge in [0.1, 0.15) is 0 Å². The number of nitrogens with zero attached hydrogens (tertiary/aromatic N) is 1. The average molecular weight is 241 g/mol. The first kappa shape index (κ1) is 12.0. The van der Waals surface area contributed by atoms with E-state index in [1.807, 2.05) is 0 Å². The minimum absolute atomic E-state index is 0.866. The zero-order chi connectivity index (χ0) is 12.4. The molecule has 1 heteroatoms. The van der Waals surface area contributed by atoms with Crippen LogP contribution < -0.4 is 0 Å². The number of likely N-dealkylation sites (N-methyl/N-ethyl adjacent to an activating group) is 1. The minimum atomic E-state index is 0.866. The van der Waals surface area contributed by atoms with Gasteiger partial charge in [0.15, 0.2) is 0 Å². The zero-order valence-electron chi connectivity index (χ0n) is 11.3. The fourth-order valence-corrected chi connectivity index (χ4v) is 3.02. The number of rotatable bonds is 6. The van der Waals surface area contributed by atoms with E-state index in [2.05, 4.69) is 54.4 Å². The van der Waals surface area contributed by atoms with Crippen LogP contribution in [0.1, 0.15) is 31.2 Å². The Balaban J connectivity index is 1.54. The maximum atomic E-state index is 2.58. The molecule has 0 spiro atoms. The molecule has 96 valence electrons. The van der Waals surface area contributed by atoms with E-state index in [1.54, 1.807) is 0 Å². The second-order valence-electron chi connectivity index (χ2n) is 5.92. The van der Waals surface area contributed by atoms with Crippen LogP contribution in [-0.2, 0) is 0 Å². The molecule has 0 amide bonds. The molecule has 2 aliphatic carbocycles. The molecule has 0 saturated heterocycles. The predicted octanol–water partition coefficient (Wildman–Crippen LogP) is 3.82. The highest BCUT2D eigenvalue weighted by atomic mass is 15.1. The Hall–Kier alpha value is -1.08. The second kappa shape index (κ2) is 5.27. The number of hydrogen-bond acceptors (Lipinski definition) is 1. The normalized spacial score (nSPS) is 20.2. The van der Waals surface area contributed by atoms with Gasteiger partial charge in [0.2, 0.25) is 0 Å². The summed E-state index contributed by atoms with van der Waals surface area (Å²) in [6.45, 7) is 1.09. The van der Waals surface area contributed by atoms with E-state index in [1.165, 1.54) is 31.2 Å². The first-order valence-electron chi connectivity index (χ1n) is 7.26. The molecule has 1 aromatic rings. The van der Waals surface area contributed by atoms with Crippen LogP contribution in [0.15, 0.2) is 36.4 Å². The van der Waals surface area contributed by atoms with Crippen molar-refractivity contribution >= 4 is 6.08 Å². The smallest absolute Gasteiger partial charge is 0.0166 e. The Morgan fingerprint density at radius 2 is 1.72 bits per heavy atom. The topological polar surface area (TPSA) is 3.24 Å². The Bertz CT molecular complexity index is 389. The zero-order valence-corrected chi connectivity index (χ0v) is 11.3. The lowest BCUT2D eigenvalue weighted by molar-refractivity contribution is 0.214. The van der Waals surface area contributed by atoms with E-state index in [0.717, 1.165) is 24.4 Å². The summed E-state index contributed by atoms with van der Waals surface area (Å²) < 4.78 is 0. The molecule has 2 aliphatic rings. The molecule has 0 N–H and O–H groups in total. The van der Waals surface area contributed by atoms with Crippen molar-refractivity contribution in [2.45, 2.75) is 31.7 Å². The fourth-order valence-electron chi connectivity index (χ4n) is 3.02. The predicted molar refractivity (Wildman–Crippen MR) is 77.3 cm³/mol. The van der Waals surface area contributed by atoms with Crippen LogP contribution in [0.2, 0.25) is 0 Å². The Morgan fingerprint density at radius 3 is 2.28 bits per heavy atom. The molecule has 1 nitrogen and oxygen atoms in total. The minimum Gasteiger partial charge on any atom is -0.299 e. The Labute approximate surface area is 111 Å². The van der Waals surface area contributed by atoms with Gasteiger partial charge in [-0.25, -0.2) is 0 Å². The van der Waals surface area contributed by atoms with E-state index in [0.29, 0.717) is 0 Å². The van der Waals surface area contributed by atoms with Crippen LogP contribution in [-0.4, -0.2) is 24.5 Å². The van der Waals surface area contributed by atoms with Crippen LogP contribution in [0.5, 0.6) is 0 Å². The molecule has 0 atom stereocenters. The molecule has 0 aliphatic heterocycles. The van der Waals surface area contributed by atoms with Crippen molar-refractivity contribution in [3.63, 3.8) is 0 Å². The average Bonchev–Trinajstić information content (AvgIpc) is 3.25. The first-order valence-corrected chi connectivity index (χ1v) is 7.26. The van der Waals surface area contributed by atoms with E-state index in [-0.39, 0.29) is 0 Å². The molecule has 0 aromatic heterocycles. The molecule has 18 heavy (non-hydrogen) atoms. The lowest BCUT2D eigenvalue weighted by Gasteiger charge is -2.27. The van der Waals surface area contributed by atoms with Gasteiger partial charge in [-0.1, -0.05) is 42.5 Å². The first-order chi connectivity index (χ1) is 8.84. The monoisotopic (exact) mass is 241 g/mol. The lowest BCUT2D eigenvalue weighted by Crippen LogP contribution is -2.35. The molecule has 1 aromatic carbocycles. The molecule has 3 rings (SSSR count). The van der Waals surface area contributed by atoms with Crippen molar-refractivity contribution in [1.29, 1.82) is 0 Å². The highest BCUT2D eigenvalue weighted by molar-refractivity contribution is 5.48. The van der Waals surface area contributed by atoms with Crippen molar-refractivity contribution in [3.05, 3.63) is 42.0 Å². The summed E-state index contributed by atoms with van der Waals surface area (Å²) in [5.74, 6) is 2.01. The maximum absolute atomic E-state index is 2.58. The summed E-state index contributed by atoms with van der Waals surface area (Å²) >= 11 is 0. The third-order valence-corrected chi connectivity index (χ3v) is 4.22. The molecular weight excluding hydrogens is 218 g/mol. The number of benzene rings is 1. The summed E-state index contributed by atoms with van der Waals surface area (Å²) in [6, 6.07) is 11.5. The van der Waals surface area contributed by atoms with Crippen LogP contribution >= 0.6 is 0 Å². The summed E-state index contributed by atoms with van der Waals surface area (Å²) in [5.41, 5.74) is 1.31. The molecule has 0 heterocycles. The molecular formula is C17H23N. The highest BCUT2D eigenvalue weighted by Crippen LogP contribution is 2.46. The van der Waals surface area contributed by atoms with Gasteiger partial charge in [-0.05, 0) is 50.1 Å². The molecule has 0 unspecified atom stereocenters. The standard InChI is InChI=1S/C17H23N/c1-18(17(15-9-10-15)16-11-12-16)13-5-8-14-6-3-2-4-7-14/h2-8,15-17H,9-13H2,1H3/b8-5-. The van der Waals surface area contributed by atoms with Crippen molar-refractivity contribution in [1.82, 2.24) is 4.90 Å². The van der Waals surface area contributed by atoms with E-state index in [4.69, 9.17) is 0 Å². The van der Waals surface area contributed by atoms with Gasteiger partial charge in [-0.2, -0.15) is 0 Å². The number of hydrogen-bond donors (Lipinski definition) is 0. The second-order valence-corrected chi connectivity index (χ2v) is 5.92. The summed E-state index contributed by atoms with van der Waals surface area (Å²) in [4.78, 5) is 2.58. The SMILES string of the molecule is CN(C/C=C\c1ccccc1)C(C1CC1)C1CC1. The van der Waals surface area contributed by atoms with Gasteiger partial charge < -0.3 is 0 Å². The lowest BCUT2D eigenvalue weighted by atomic mass is 10.1. The van der Waals surface area contributed by atoms with Gasteiger partial charge in [-0.3, -0.25) is 4.90 Å².